The molecule has 1 aromatic carbocycles. The van der Waals surface area contributed by atoms with Crippen LogP contribution < -0.4 is 9.47 Å². The summed E-state index contributed by atoms with van der Waals surface area (Å²) in [6.07, 6.45) is 1.53. The van der Waals surface area contributed by atoms with Crippen LogP contribution in [0.5, 0.6) is 11.5 Å². The smallest absolute Gasteiger partial charge is 0.339 e. The molecule has 0 bridgehead atoms. The predicted octanol–water partition coefficient (Wildman–Crippen LogP) is 2.57. The molecule has 1 heterocycles. The lowest BCUT2D eigenvalue weighted by molar-refractivity contribution is 0.0690. The van der Waals surface area contributed by atoms with E-state index in [0.717, 1.165) is 0 Å². The van der Waals surface area contributed by atoms with Crippen LogP contribution in [0.15, 0.2) is 41.0 Å². The van der Waals surface area contributed by atoms with Gasteiger partial charge in [-0.15, -0.1) is 0 Å². The summed E-state index contributed by atoms with van der Waals surface area (Å²) >= 11 is 0. The van der Waals surface area contributed by atoms with Crippen LogP contribution in [-0.4, -0.2) is 18.2 Å². The van der Waals surface area contributed by atoms with Crippen molar-refractivity contribution in [2.75, 3.05) is 7.11 Å². The van der Waals surface area contributed by atoms with Gasteiger partial charge in [0.1, 0.15) is 17.9 Å². The number of rotatable bonds is 5. The molecule has 0 aliphatic heterocycles. The van der Waals surface area contributed by atoms with E-state index < -0.39 is 5.97 Å². The normalized spacial score (nSPS) is 10.1. The third-order valence-electron chi connectivity index (χ3n) is 2.37. The largest absolute Gasteiger partial charge is 0.493 e. The fourth-order valence-corrected chi connectivity index (χ4v) is 1.53. The number of hydrogen-bond acceptors (Lipinski definition) is 4. The third kappa shape index (κ3) is 2.45. The number of carboxylic acid groups (broad SMARTS) is 1. The Bertz CT molecular complexity index is 530. The Kier molecular flexibility index (Phi) is 3.52. The lowest BCUT2D eigenvalue weighted by Crippen LogP contribution is -2.04. The fourth-order valence-electron chi connectivity index (χ4n) is 1.53. The molecule has 0 atom stereocenters. The van der Waals surface area contributed by atoms with Crippen molar-refractivity contribution in [1.29, 1.82) is 0 Å². The van der Waals surface area contributed by atoms with Crippen LogP contribution in [-0.2, 0) is 6.61 Å². The molecule has 0 spiro atoms. The van der Waals surface area contributed by atoms with Crippen molar-refractivity contribution in [3.63, 3.8) is 0 Å². The van der Waals surface area contributed by atoms with Crippen LogP contribution in [0.25, 0.3) is 0 Å². The van der Waals surface area contributed by atoms with E-state index in [-0.39, 0.29) is 17.9 Å². The Balaban J connectivity index is 2.26. The van der Waals surface area contributed by atoms with Gasteiger partial charge >= 0.3 is 5.97 Å². The Labute approximate surface area is 104 Å². The molecule has 2 rings (SSSR count). The molecule has 0 fully saturated rings. The van der Waals surface area contributed by atoms with Crippen LogP contribution in [0, 0.1) is 0 Å². The molecule has 5 heteroatoms. The average Bonchev–Trinajstić information content (AvgIpc) is 2.88. The maximum atomic E-state index is 11.1. The second-order valence-corrected chi connectivity index (χ2v) is 3.51. The highest BCUT2D eigenvalue weighted by molar-refractivity contribution is 5.92. The van der Waals surface area contributed by atoms with Gasteiger partial charge in [0, 0.05) is 0 Å². The molecule has 0 radical (unpaired) electrons. The molecule has 1 aromatic heterocycles. The molecule has 0 aliphatic carbocycles. The lowest BCUT2D eigenvalue weighted by atomic mass is 10.2. The quantitative estimate of drug-likeness (QED) is 0.880. The second kappa shape index (κ2) is 5.27. The van der Waals surface area contributed by atoms with E-state index in [0.29, 0.717) is 11.5 Å². The molecule has 18 heavy (non-hydrogen) atoms. The number of aromatic carboxylic acids is 1. The zero-order chi connectivity index (χ0) is 13.0. The Hall–Kier alpha value is -2.43. The first kappa shape index (κ1) is 12.0. The Morgan fingerprint density at radius 3 is 2.78 bits per heavy atom. The summed E-state index contributed by atoms with van der Waals surface area (Å²) < 4.78 is 15.7. The number of carboxylic acids is 1. The van der Waals surface area contributed by atoms with Gasteiger partial charge in [-0.25, -0.2) is 4.79 Å². The minimum Gasteiger partial charge on any atom is -0.493 e. The number of furan rings is 1. The molecule has 5 nitrogen and oxygen atoms in total. The lowest BCUT2D eigenvalue weighted by Gasteiger charge is -2.11. The highest BCUT2D eigenvalue weighted by atomic mass is 16.5. The highest BCUT2D eigenvalue weighted by Crippen LogP contribution is 2.31. The summed E-state index contributed by atoms with van der Waals surface area (Å²) in [5.41, 5.74) is 0.0564. The minimum absolute atomic E-state index is 0.0564. The van der Waals surface area contributed by atoms with Crippen molar-refractivity contribution < 1.29 is 23.8 Å². The monoisotopic (exact) mass is 248 g/mol. The molecule has 2 aromatic rings. The number of carbonyl (C=O) groups is 1. The van der Waals surface area contributed by atoms with Gasteiger partial charge < -0.3 is 19.0 Å². The molecular formula is C13H12O5. The zero-order valence-corrected chi connectivity index (χ0v) is 9.75. The van der Waals surface area contributed by atoms with Gasteiger partial charge in [-0.05, 0) is 24.3 Å². The van der Waals surface area contributed by atoms with Crippen LogP contribution in [0.1, 0.15) is 16.1 Å². The fraction of sp³-hybridized carbons (Fsp3) is 0.154. The summed E-state index contributed by atoms with van der Waals surface area (Å²) in [5, 5.41) is 9.08. The van der Waals surface area contributed by atoms with Crippen LogP contribution >= 0.6 is 0 Å². The minimum atomic E-state index is -1.07. The van der Waals surface area contributed by atoms with Gasteiger partial charge in [-0.1, -0.05) is 6.07 Å². The SMILES string of the molecule is COc1cccc(C(=O)O)c1OCc1ccco1. The maximum absolute atomic E-state index is 11.1. The van der Waals surface area contributed by atoms with Gasteiger partial charge in [-0.3, -0.25) is 0 Å². The van der Waals surface area contributed by atoms with Crippen molar-refractivity contribution in [3.8, 4) is 11.5 Å². The summed E-state index contributed by atoms with van der Waals surface area (Å²) in [6, 6.07) is 8.18. The number of methoxy groups -OCH3 is 1. The third-order valence-corrected chi connectivity index (χ3v) is 2.37. The van der Waals surface area contributed by atoms with Gasteiger partial charge in [0.15, 0.2) is 11.5 Å². The molecular weight excluding hydrogens is 236 g/mol. The first-order valence-electron chi connectivity index (χ1n) is 5.28. The van der Waals surface area contributed by atoms with Crippen molar-refractivity contribution in [2.24, 2.45) is 0 Å². The Morgan fingerprint density at radius 1 is 1.33 bits per heavy atom. The number of para-hydroxylation sites is 1. The van der Waals surface area contributed by atoms with E-state index in [1.165, 1.54) is 19.4 Å². The van der Waals surface area contributed by atoms with Gasteiger partial charge in [0.2, 0.25) is 0 Å². The van der Waals surface area contributed by atoms with E-state index in [9.17, 15) is 4.79 Å². The molecule has 0 saturated carbocycles. The van der Waals surface area contributed by atoms with E-state index in [1.54, 1.807) is 24.3 Å². The molecule has 0 saturated heterocycles. The van der Waals surface area contributed by atoms with Crippen molar-refractivity contribution in [2.45, 2.75) is 6.61 Å². The van der Waals surface area contributed by atoms with E-state index in [2.05, 4.69) is 0 Å². The number of hydrogen-bond donors (Lipinski definition) is 1. The summed E-state index contributed by atoms with van der Waals surface area (Å²) in [4.78, 5) is 11.1. The first-order valence-corrected chi connectivity index (χ1v) is 5.28. The first-order chi connectivity index (χ1) is 8.72. The van der Waals surface area contributed by atoms with Crippen molar-refractivity contribution in [3.05, 3.63) is 47.9 Å². The van der Waals surface area contributed by atoms with E-state index in [1.807, 2.05) is 0 Å². The Morgan fingerprint density at radius 2 is 2.17 bits per heavy atom. The highest BCUT2D eigenvalue weighted by Gasteiger charge is 2.16. The topological polar surface area (TPSA) is 68.9 Å². The van der Waals surface area contributed by atoms with Crippen LogP contribution in [0.2, 0.25) is 0 Å². The van der Waals surface area contributed by atoms with Gasteiger partial charge in [0.25, 0.3) is 0 Å². The van der Waals surface area contributed by atoms with Gasteiger partial charge in [-0.2, -0.15) is 0 Å². The standard InChI is InChI=1S/C13H12O5/c1-16-11-6-2-5-10(13(14)15)12(11)18-8-9-4-3-7-17-9/h2-7H,8H2,1H3,(H,14,15). The maximum Gasteiger partial charge on any atom is 0.339 e. The van der Waals surface area contributed by atoms with E-state index >= 15 is 0 Å². The number of benzene rings is 1. The van der Waals surface area contributed by atoms with E-state index in [4.69, 9.17) is 19.0 Å². The second-order valence-electron chi connectivity index (χ2n) is 3.51. The number of ether oxygens (including phenoxy) is 2. The molecule has 0 amide bonds. The summed E-state index contributed by atoms with van der Waals surface area (Å²) in [5.74, 6) is 0.117. The van der Waals surface area contributed by atoms with Crippen molar-refractivity contribution >= 4 is 5.97 Å². The summed E-state index contributed by atoms with van der Waals surface area (Å²) in [7, 11) is 1.46. The van der Waals surface area contributed by atoms with Crippen LogP contribution in [0.3, 0.4) is 0 Å². The molecule has 94 valence electrons. The predicted molar refractivity (Wildman–Crippen MR) is 63.0 cm³/mol. The molecule has 1 N–H and O–H groups in total. The molecule has 0 aliphatic rings. The summed E-state index contributed by atoms with van der Waals surface area (Å²) in [6.45, 7) is 0.146. The molecule has 0 unspecified atom stereocenters. The van der Waals surface area contributed by atoms with Gasteiger partial charge in [0.05, 0.1) is 13.4 Å². The van der Waals surface area contributed by atoms with Crippen molar-refractivity contribution in [1.82, 2.24) is 0 Å². The zero-order valence-electron chi connectivity index (χ0n) is 9.75. The van der Waals surface area contributed by atoms with Crippen LogP contribution in [0.4, 0.5) is 0 Å². The average molecular weight is 248 g/mol.